The quantitative estimate of drug-likeness (QED) is 0.827. The van der Waals surface area contributed by atoms with Gasteiger partial charge in [0.2, 0.25) is 0 Å². The maximum absolute atomic E-state index is 5.66. The molecule has 1 heterocycles. The second-order valence-corrected chi connectivity index (χ2v) is 5.77. The van der Waals surface area contributed by atoms with Crippen LogP contribution in [-0.2, 0) is 0 Å². The lowest BCUT2D eigenvalue weighted by atomic mass is 10.1. The molecule has 0 saturated carbocycles. The molecule has 0 radical (unpaired) electrons. The van der Waals surface area contributed by atoms with E-state index in [4.69, 9.17) is 17.0 Å². The summed E-state index contributed by atoms with van der Waals surface area (Å²) in [6.07, 6.45) is 0. The molecule has 0 saturated heterocycles. The molecule has 2 aromatic rings. The van der Waals surface area contributed by atoms with Crippen LogP contribution >= 0.6 is 23.6 Å². The first-order chi connectivity index (χ1) is 8.11. The van der Waals surface area contributed by atoms with E-state index in [1.165, 1.54) is 10.4 Å². The standard InChI is InChI=1S/C13H15NOS2/c1-4-15-11-6-5-8(2)7-10(11)12-9(3)17-13(16)14-12/h5-7H,4H2,1-3H3,(H,14,16). The Morgan fingerprint density at radius 3 is 2.71 bits per heavy atom. The maximum Gasteiger partial charge on any atom is 0.159 e. The van der Waals surface area contributed by atoms with Crippen LogP contribution < -0.4 is 4.74 Å². The number of nitrogens with one attached hydrogen (secondary N) is 1. The summed E-state index contributed by atoms with van der Waals surface area (Å²) in [5, 5.41) is 0. The molecular weight excluding hydrogens is 250 g/mol. The minimum Gasteiger partial charge on any atom is -0.493 e. The van der Waals surface area contributed by atoms with Gasteiger partial charge in [-0.15, -0.1) is 11.3 Å². The van der Waals surface area contributed by atoms with Gasteiger partial charge in [0.15, 0.2) is 3.95 Å². The lowest BCUT2D eigenvalue weighted by Crippen LogP contribution is -1.95. The van der Waals surface area contributed by atoms with E-state index in [9.17, 15) is 0 Å². The summed E-state index contributed by atoms with van der Waals surface area (Å²) in [6.45, 7) is 6.81. The van der Waals surface area contributed by atoms with Crippen molar-refractivity contribution in [1.29, 1.82) is 0 Å². The number of hydrogen-bond donors (Lipinski definition) is 1. The third kappa shape index (κ3) is 2.58. The number of hydrogen-bond acceptors (Lipinski definition) is 3. The molecule has 1 aromatic carbocycles. The SMILES string of the molecule is CCOc1ccc(C)cc1-c1[nH]c(=S)sc1C. The zero-order valence-electron chi connectivity index (χ0n) is 10.2. The van der Waals surface area contributed by atoms with Gasteiger partial charge in [-0.3, -0.25) is 0 Å². The summed E-state index contributed by atoms with van der Waals surface area (Å²) in [5.74, 6) is 0.908. The molecule has 90 valence electrons. The number of thiazole rings is 1. The van der Waals surface area contributed by atoms with E-state index < -0.39 is 0 Å². The highest BCUT2D eigenvalue weighted by molar-refractivity contribution is 7.73. The van der Waals surface area contributed by atoms with Crippen molar-refractivity contribution in [1.82, 2.24) is 4.98 Å². The zero-order valence-corrected chi connectivity index (χ0v) is 11.8. The van der Waals surface area contributed by atoms with Crippen LogP contribution in [0.3, 0.4) is 0 Å². The number of H-pyrrole nitrogens is 1. The molecular formula is C13H15NOS2. The molecule has 0 atom stereocenters. The minimum atomic E-state index is 0.667. The molecule has 0 aliphatic carbocycles. The summed E-state index contributed by atoms with van der Waals surface area (Å²) in [6, 6.07) is 6.21. The molecule has 1 aromatic heterocycles. The number of aromatic amines is 1. The Balaban J connectivity index is 2.60. The molecule has 0 fully saturated rings. The Morgan fingerprint density at radius 1 is 1.35 bits per heavy atom. The van der Waals surface area contributed by atoms with Crippen molar-refractivity contribution in [2.45, 2.75) is 20.8 Å². The van der Waals surface area contributed by atoms with E-state index >= 15 is 0 Å². The Labute approximate surface area is 110 Å². The van der Waals surface area contributed by atoms with Crippen LogP contribution in [0.4, 0.5) is 0 Å². The van der Waals surface area contributed by atoms with Crippen molar-refractivity contribution < 1.29 is 4.74 Å². The topological polar surface area (TPSA) is 25.0 Å². The van der Waals surface area contributed by atoms with Crippen LogP contribution in [0.2, 0.25) is 0 Å². The molecule has 2 rings (SSSR count). The highest BCUT2D eigenvalue weighted by atomic mass is 32.1. The van der Waals surface area contributed by atoms with Gasteiger partial charge < -0.3 is 9.72 Å². The molecule has 0 amide bonds. The molecule has 0 spiro atoms. The van der Waals surface area contributed by atoms with E-state index in [2.05, 4.69) is 31.0 Å². The predicted molar refractivity (Wildman–Crippen MR) is 75.6 cm³/mol. The van der Waals surface area contributed by atoms with Gasteiger partial charge in [-0.05, 0) is 45.1 Å². The predicted octanol–water partition coefficient (Wildman–Crippen LogP) is 4.49. The molecule has 4 heteroatoms. The minimum absolute atomic E-state index is 0.667. The van der Waals surface area contributed by atoms with Crippen molar-refractivity contribution >= 4 is 23.6 Å². The normalized spacial score (nSPS) is 10.5. The van der Waals surface area contributed by atoms with Gasteiger partial charge in [-0.25, -0.2) is 0 Å². The highest BCUT2D eigenvalue weighted by Gasteiger charge is 2.11. The third-order valence-electron chi connectivity index (χ3n) is 2.53. The molecule has 2 nitrogen and oxygen atoms in total. The second kappa shape index (κ2) is 5.02. The average Bonchev–Trinajstić information content (AvgIpc) is 2.61. The number of rotatable bonds is 3. The molecule has 17 heavy (non-hydrogen) atoms. The van der Waals surface area contributed by atoms with Gasteiger partial charge in [0.05, 0.1) is 12.3 Å². The summed E-state index contributed by atoms with van der Waals surface area (Å²) >= 11 is 6.78. The smallest absolute Gasteiger partial charge is 0.159 e. The lowest BCUT2D eigenvalue weighted by Gasteiger charge is -2.10. The van der Waals surface area contributed by atoms with E-state index in [-0.39, 0.29) is 0 Å². The van der Waals surface area contributed by atoms with E-state index in [1.807, 2.05) is 13.0 Å². The molecule has 0 unspecified atom stereocenters. The molecule has 1 N–H and O–H groups in total. The number of benzene rings is 1. The first kappa shape index (κ1) is 12.3. The first-order valence-corrected chi connectivity index (χ1v) is 6.78. The van der Waals surface area contributed by atoms with Gasteiger partial charge in [-0.2, -0.15) is 0 Å². The summed E-state index contributed by atoms with van der Waals surface area (Å²) in [4.78, 5) is 4.44. The summed E-state index contributed by atoms with van der Waals surface area (Å²) in [7, 11) is 0. The third-order valence-corrected chi connectivity index (χ3v) is 3.68. The van der Waals surface area contributed by atoms with E-state index in [0.717, 1.165) is 21.0 Å². The van der Waals surface area contributed by atoms with Crippen LogP contribution in [0.5, 0.6) is 5.75 Å². The van der Waals surface area contributed by atoms with Crippen LogP contribution in [-0.4, -0.2) is 11.6 Å². The lowest BCUT2D eigenvalue weighted by molar-refractivity contribution is 0.341. The fraction of sp³-hybridized carbons (Fsp3) is 0.308. The van der Waals surface area contributed by atoms with Crippen molar-refractivity contribution in [2.75, 3.05) is 6.61 Å². The van der Waals surface area contributed by atoms with Crippen molar-refractivity contribution in [3.8, 4) is 17.0 Å². The Hall–Kier alpha value is -1.13. The highest BCUT2D eigenvalue weighted by Crippen LogP contribution is 2.34. The Kier molecular flexibility index (Phi) is 3.64. The van der Waals surface area contributed by atoms with Crippen molar-refractivity contribution in [3.63, 3.8) is 0 Å². The van der Waals surface area contributed by atoms with Crippen LogP contribution in [0, 0.1) is 17.8 Å². The molecule has 0 bridgehead atoms. The van der Waals surface area contributed by atoms with Gasteiger partial charge in [0, 0.05) is 10.4 Å². The van der Waals surface area contributed by atoms with Gasteiger partial charge in [-0.1, -0.05) is 11.6 Å². The largest absolute Gasteiger partial charge is 0.493 e. The number of ether oxygens (including phenoxy) is 1. The van der Waals surface area contributed by atoms with E-state index in [1.54, 1.807) is 11.3 Å². The Morgan fingerprint density at radius 2 is 2.12 bits per heavy atom. The fourth-order valence-electron chi connectivity index (χ4n) is 1.78. The van der Waals surface area contributed by atoms with Crippen LogP contribution in [0.25, 0.3) is 11.3 Å². The molecule has 0 aliphatic heterocycles. The fourth-order valence-corrected chi connectivity index (χ4v) is 2.95. The molecule has 0 aliphatic rings. The van der Waals surface area contributed by atoms with Crippen molar-refractivity contribution in [2.24, 2.45) is 0 Å². The average molecular weight is 265 g/mol. The number of aryl methyl sites for hydroxylation is 2. The Bertz CT molecular complexity index is 583. The van der Waals surface area contributed by atoms with Crippen LogP contribution in [0.1, 0.15) is 17.4 Å². The van der Waals surface area contributed by atoms with Gasteiger partial charge in [0.1, 0.15) is 5.75 Å². The zero-order chi connectivity index (χ0) is 12.4. The maximum atomic E-state index is 5.66. The monoisotopic (exact) mass is 265 g/mol. The summed E-state index contributed by atoms with van der Waals surface area (Å²) < 4.78 is 6.47. The van der Waals surface area contributed by atoms with Gasteiger partial charge in [0.25, 0.3) is 0 Å². The van der Waals surface area contributed by atoms with E-state index in [0.29, 0.717) is 6.61 Å². The number of aromatic nitrogens is 1. The van der Waals surface area contributed by atoms with Crippen LogP contribution in [0.15, 0.2) is 18.2 Å². The van der Waals surface area contributed by atoms with Crippen molar-refractivity contribution in [3.05, 3.63) is 32.6 Å². The van der Waals surface area contributed by atoms with Gasteiger partial charge >= 0.3 is 0 Å². The summed E-state index contributed by atoms with van der Waals surface area (Å²) in [5.41, 5.74) is 3.39. The first-order valence-electron chi connectivity index (χ1n) is 5.55. The second-order valence-electron chi connectivity index (χ2n) is 3.88.